The number of carbonyl (C=O) groups is 2. The first kappa shape index (κ1) is 15.0. The van der Waals surface area contributed by atoms with Gasteiger partial charge >= 0.3 is 12.1 Å². The first-order chi connectivity index (χ1) is 10.6. The number of carboxylic acid groups (broad SMARTS) is 1. The molecule has 118 valence electrons. The van der Waals surface area contributed by atoms with E-state index in [0.29, 0.717) is 11.4 Å². The lowest BCUT2D eigenvalue weighted by molar-refractivity contribution is -0.144. The molecule has 6 nitrogen and oxygen atoms in total. The molecule has 0 unspecified atom stereocenters. The molecule has 1 atom stereocenters. The van der Waals surface area contributed by atoms with Crippen molar-refractivity contribution in [2.24, 2.45) is 0 Å². The Bertz CT molecular complexity index is 607. The fourth-order valence-corrected chi connectivity index (χ4v) is 3.43. The molecule has 1 N–H and O–H groups in total. The number of cyclic esters (lactones) is 1. The topological polar surface area (TPSA) is 70.1 Å². The van der Waals surface area contributed by atoms with E-state index in [1.807, 2.05) is 16.7 Å². The third-order valence-electron chi connectivity index (χ3n) is 3.68. The minimum Gasteiger partial charge on any atom is -0.478 e. The van der Waals surface area contributed by atoms with E-state index < -0.39 is 24.0 Å². The smallest absolute Gasteiger partial charge is 0.415 e. The lowest BCUT2D eigenvalue weighted by atomic mass is 10.2. The first-order valence-electron chi connectivity index (χ1n) is 6.89. The molecule has 1 aromatic rings. The molecule has 2 aliphatic heterocycles. The largest absolute Gasteiger partial charge is 0.478 e. The lowest BCUT2D eigenvalue weighted by Crippen LogP contribution is -2.33. The molecule has 2 aliphatic rings. The van der Waals surface area contributed by atoms with Crippen molar-refractivity contribution in [3.63, 3.8) is 0 Å². The van der Waals surface area contributed by atoms with E-state index in [4.69, 9.17) is 9.84 Å². The van der Waals surface area contributed by atoms with Gasteiger partial charge in [0, 0.05) is 24.6 Å². The number of amides is 1. The zero-order valence-electron chi connectivity index (χ0n) is 11.7. The normalized spacial score (nSPS) is 21.9. The average molecular weight is 326 g/mol. The van der Waals surface area contributed by atoms with Crippen LogP contribution in [-0.2, 0) is 9.53 Å². The minimum absolute atomic E-state index is 0.118. The van der Waals surface area contributed by atoms with Crippen molar-refractivity contribution in [2.75, 3.05) is 40.9 Å². The Labute approximate surface area is 130 Å². The van der Waals surface area contributed by atoms with Crippen LogP contribution >= 0.6 is 11.8 Å². The summed E-state index contributed by atoms with van der Waals surface area (Å²) in [6.07, 6.45) is -1.98. The van der Waals surface area contributed by atoms with Crippen LogP contribution in [0.1, 0.15) is 0 Å². The number of benzene rings is 1. The van der Waals surface area contributed by atoms with Gasteiger partial charge in [-0.2, -0.15) is 11.8 Å². The molecule has 1 amide bonds. The molecule has 0 aromatic heterocycles. The lowest BCUT2D eigenvalue weighted by Gasteiger charge is -2.29. The fraction of sp³-hybridized carbons (Fsp3) is 0.429. The number of ether oxygens (including phenoxy) is 1. The van der Waals surface area contributed by atoms with Gasteiger partial charge in [0.1, 0.15) is 5.82 Å². The Morgan fingerprint density at radius 2 is 2.09 bits per heavy atom. The Morgan fingerprint density at radius 3 is 2.68 bits per heavy atom. The number of rotatable bonds is 3. The second kappa shape index (κ2) is 6.04. The number of nitrogens with zero attached hydrogens (tertiary/aromatic N) is 2. The Morgan fingerprint density at radius 1 is 1.36 bits per heavy atom. The van der Waals surface area contributed by atoms with Gasteiger partial charge < -0.3 is 14.7 Å². The van der Waals surface area contributed by atoms with Crippen LogP contribution in [0.25, 0.3) is 0 Å². The highest BCUT2D eigenvalue weighted by Crippen LogP contribution is 2.29. The maximum absolute atomic E-state index is 14.3. The summed E-state index contributed by atoms with van der Waals surface area (Å²) in [6, 6.07) is 4.50. The maximum atomic E-state index is 14.3. The molecule has 1 aromatic carbocycles. The van der Waals surface area contributed by atoms with Gasteiger partial charge in [-0.3, -0.25) is 4.90 Å². The predicted molar refractivity (Wildman–Crippen MR) is 81.2 cm³/mol. The quantitative estimate of drug-likeness (QED) is 0.913. The van der Waals surface area contributed by atoms with Crippen LogP contribution in [0.5, 0.6) is 0 Å². The van der Waals surface area contributed by atoms with Crippen molar-refractivity contribution >= 4 is 35.2 Å². The van der Waals surface area contributed by atoms with E-state index in [9.17, 15) is 14.0 Å². The first-order valence-corrected chi connectivity index (χ1v) is 8.05. The van der Waals surface area contributed by atoms with Crippen molar-refractivity contribution in [3.8, 4) is 0 Å². The summed E-state index contributed by atoms with van der Waals surface area (Å²) in [5, 5.41) is 8.88. The second-order valence-corrected chi connectivity index (χ2v) is 6.28. The van der Waals surface area contributed by atoms with Crippen molar-refractivity contribution in [2.45, 2.75) is 6.10 Å². The Kier molecular flexibility index (Phi) is 4.10. The number of aliphatic carboxylic acids is 1. The monoisotopic (exact) mass is 326 g/mol. The van der Waals surface area contributed by atoms with E-state index in [0.717, 1.165) is 29.5 Å². The number of anilines is 2. The highest BCUT2D eigenvalue weighted by atomic mass is 32.2. The molecule has 0 bridgehead atoms. The number of carbonyl (C=O) groups excluding carboxylic acids is 1. The summed E-state index contributed by atoms with van der Waals surface area (Å²) >= 11 is 1.84. The third-order valence-corrected chi connectivity index (χ3v) is 4.62. The van der Waals surface area contributed by atoms with E-state index in [2.05, 4.69) is 0 Å². The third kappa shape index (κ3) is 2.83. The van der Waals surface area contributed by atoms with Crippen LogP contribution in [0, 0.1) is 5.82 Å². The number of hydrogen-bond donors (Lipinski definition) is 1. The summed E-state index contributed by atoms with van der Waals surface area (Å²) < 4.78 is 19.1. The van der Waals surface area contributed by atoms with Gasteiger partial charge in [-0.05, 0) is 18.2 Å². The molecule has 0 saturated carbocycles. The molecule has 0 radical (unpaired) electrons. The predicted octanol–water partition coefficient (Wildman–Crippen LogP) is 1.79. The van der Waals surface area contributed by atoms with Crippen LogP contribution in [0.4, 0.5) is 20.6 Å². The van der Waals surface area contributed by atoms with Crippen LogP contribution in [0.2, 0.25) is 0 Å². The van der Waals surface area contributed by atoms with E-state index in [-0.39, 0.29) is 6.54 Å². The van der Waals surface area contributed by atoms with Crippen LogP contribution < -0.4 is 9.80 Å². The Hall–Kier alpha value is -1.96. The van der Waals surface area contributed by atoms with Crippen LogP contribution in [0.15, 0.2) is 18.2 Å². The molecular weight excluding hydrogens is 311 g/mol. The van der Waals surface area contributed by atoms with Crippen LogP contribution in [0.3, 0.4) is 0 Å². The van der Waals surface area contributed by atoms with Crippen molar-refractivity contribution in [3.05, 3.63) is 24.0 Å². The van der Waals surface area contributed by atoms with E-state index in [1.54, 1.807) is 12.1 Å². The molecule has 0 aliphatic carbocycles. The molecule has 8 heteroatoms. The minimum atomic E-state index is -1.21. The van der Waals surface area contributed by atoms with Gasteiger partial charge in [-0.25, -0.2) is 14.0 Å². The standard InChI is InChI=1S/C14H15FN2O4S/c15-10-7-9(17-8-12(13(18)19)21-14(17)20)1-2-11(10)16-3-5-22-6-4-16/h1-2,7,12H,3-6,8H2,(H,18,19)/t12-/m1/s1. The van der Waals surface area contributed by atoms with Gasteiger partial charge in [0.2, 0.25) is 6.10 Å². The summed E-state index contributed by atoms with van der Waals surface area (Å²) in [4.78, 5) is 25.7. The van der Waals surface area contributed by atoms with E-state index >= 15 is 0 Å². The molecule has 2 saturated heterocycles. The van der Waals surface area contributed by atoms with Gasteiger partial charge in [0.25, 0.3) is 0 Å². The number of carboxylic acids is 1. The highest BCUT2D eigenvalue weighted by molar-refractivity contribution is 7.99. The zero-order valence-corrected chi connectivity index (χ0v) is 12.5. The average Bonchev–Trinajstić information content (AvgIpc) is 2.90. The number of thioether (sulfide) groups is 1. The zero-order chi connectivity index (χ0) is 15.7. The van der Waals surface area contributed by atoms with Crippen molar-refractivity contribution < 1.29 is 23.8 Å². The SMILES string of the molecule is O=C(O)[C@H]1CN(c2ccc(N3CCSCC3)c(F)c2)C(=O)O1. The number of halogens is 1. The summed E-state index contributed by atoms with van der Waals surface area (Å²) in [7, 11) is 0. The summed E-state index contributed by atoms with van der Waals surface area (Å²) in [6.45, 7) is 1.45. The summed E-state index contributed by atoms with van der Waals surface area (Å²) in [5.74, 6) is 0.287. The van der Waals surface area contributed by atoms with Gasteiger partial charge in [-0.1, -0.05) is 0 Å². The molecule has 2 fully saturated rings. The van der Waals surface area contributed by atoms with Crippen molar-refractivity contribution in [1.29, 1.82) is 0 Å². The Balaban J connectivity index is 1.80. The second-order valence-electron chi connectivity index (χ2n) is 5.06. The van der Waals surface area contributed by atoms with Crippen LogP contribution in [-0.4, -0.2) is 54.4 Å². The number of hydrogen-bond acceptors (Lipinski definition) is 5. The van der Waals surface area contributed by atoms with Crippen molar-refractivity contribution in [1.82, 2.24) is 0 Å². The van der Waals surface area contributed by atoms with Gasteiger partial charge in [0.05, 0.1) is 17.9 Å². The maximum Gasteiger partial charge on any atom is 0.415 e. The highest BCUT2D eigenvalue weighted by Gasteiger charge is 2.37. The van der Waals surface area contributed by atoms with E-state index in [1.165, 1.54) is 6.07 Å². The summed E-state index contributed by atoms with van der Waals surface area (Å²) in [5.41, 5.74) is 0.813. The molecular formula is C14H15FN2O4S. The molecule has 22 heavy (non-hydrogen) atoms. The molecule has 0 spiro atoms. The molecule has 2 heterocycles. The molecule has 3 rings (SSSR count). The van der Waals surface area contributed by atoms with Gasteiger partial charge in [-0.15, -0.1) is 0 Å². The van der Waals surface area contributed by atoms with Gasteiger partial charge in [0.15, 0.2) is 0 Å². The fourth-order valence-electron chi connectivity index (χ4n) is 2.53.